The zero-order chi connectivity index (χ0) is 22.3. The van der Waals surface area contributed by atoms with Gasteiger partial charge in [0.15, 0.2) is 0 Å². The molecule has 0 aliphatic heterocycles. The fraction of sp³-hybridized carbons (Fsp3) is 0.250. The average Bonchev–Trinajstić information content (AvgIpc) is 2.76. The molecule has 0 saturated carbocycles. The molecule has 0 aliphatic carbocycles. The van der Waals surface area contributed by atoms with Gasteiger partial charge < -0.3 is 14.8 Å². The standard InChI is InChI=1S/C20H22N2O7S/c1-4-11-21-18(23)14-7-5-6-8-16(14)22-30(26,27)17-12-13(19(24)28-2)9-10-15(17)20(25)29-3/h5-10,12,22H,4,11H2,1-3H3,(H,21,23). The molecule has 0 heterocycles. The van der Waals surface area contributed by atoms with Gasteiger partial charge >= 0.3 is 11.9 Å². The first-order chi connectivity index (χ1) is 14.2. The minimum absolute atomic E-state index is 0.0189. The molecule has 10 heteroatoms. The second-order valence-electron chi connectivity index (χ2n) is 6.10. The van der Waals surface area contributed by atoms with Crippen molar-refractivity contribution in [1.82, 2.24) is 5.32 Å². The van der Waals surface area contributed by atoms with Crippen molar-refractivity contribution >= 4 is 33.6 Å². The maximum Gasteiger partial charge on any atom is 0.339 e. The summed E-state index contributed by atoms with van der Waals surface area (Å²) in [6.07, 6.45) is 0.711. The number of carbonyl (C=O) groups is 3. The first-order valence-electron chi connectivity index (χ1n) is 8.95. The van der Waals surface area contributed by atoms with Crippen molar-refractivity contribution in [3.63, 3.8) is 0 Å². The van der Waals surface area contributed by atoms with Crippen LogP contribution < -0.4 is 10.0 Å². The van der Waals surface area contributed by atoms with Crippen LogP contribution in [-0.2, 0) is 19.5 Å². The summed E-state index contributed by atoms with van der Waals surface area (Å²) < 4.78 is 37.8. The highest BCUT2D eigenvalue weighted by Gasteiger charge is 2.26. The number of amides is 1. The third-order valence-electron chi connectivity index (χ3n) is 4.05. The van der Waals surface area contributed by atoms with Crippen molar-refractivity contribution in [2.24, 2.45) is 0 Å². The van der Waals surface area contributed by atoms with Gasteiger partial charge in [-0.25, -0.2) is 18.0 Å². The number of carbonyl (C=O) groups excluding carboxylic acids is 3. The number of para-hydroxylation sites is 1. The molecule has 2 aromatic carbocycles. The molecule has 2 rings (SSSR count). The molecular formula is C20H22N2O7S. The number of hydrogen-bond acceptors (Lipinski definition) is 7. The van der Waals surface area contributed by atoms with Crippen molar-refractivity contribution in [3.05, 3.63) is 59.2 Å². The molecule has 0 aromatic heterocycles. The van der Waals surface area contributed by atoms with E-state index in [1.54, 1.807) is 12.1 Å². The zero-order valence-electron chi connectivity index (χ0n) is 16.7. The molecule has 0 unspecified atom stereocenters. The maximum absolute atomic E-state index is 13.1. The number of sulfonamides is 1. The molecule has 0 atom stereocenters. The lowest BCUT2D eigenvalue weighted by molar-refractivity contribution is 0.0583. The van der Waals surface area contributed by atoms with E-state index in [1.807, 2.05) is 6.92 Å². The number of nitrogens with one attached hydrogen (secondary N) is 2. The number of hydrogen-bond donors (Lipinski definition) is 2. The van der Waals surface area contributed by atoms with Crippen LogP contribution in [-0.4, -0.2) is 47.0 Å². The number of esters is 2. The summed E-state index contributed by atoms with van der Waals surface area (Å²) in [4.78, 5) is 35.8. The Morgan fingerprint density at radius 2 is 1.60 bits per heavy atom. The average molecular weight is 434 g/mol. The van der Waals surface area contributed by atoms with Crippen molar-refractivity contribution in [3.8, 4) is 0 Å². The molecule has 2 N–H and O–H groups in total. The van der Waals surface area contributed by atoms with Gasteiger partial charge in [0.05, 0.1) is 36.6 Å². The molecule has 0 aliphatic rings. The lowest BCUT2D eigenvalue weighted by atomic mass is 10.1. The third-order valence-corrected chi connectivity index (χ3v) is 5.45. The molecule has 0 spiro atoms. The highest BCUT2D eigenvalue weighted by Crippen LogP contribution is 2.24. The summed E-state index contributed by atoms with van der Waals surface area (Å²) in [5, 5.41) is 2.68. The Morgan fingerprint density at radius 1 is 0.933 bits per heavy atom. The van der Waals surface area contributed by atoms with Crippen LogP contribution in [0.3, 0.4) is 0 Å². The molecule has 1 amide bonds. The molecule has 160 valence electrons. The summed E-state index contributed by atoms with van der Waals surface area (Å²) in [6.45, 7) is 2.31. The summed E-state index contributed by atoms with van der Waals surface area (Å²) in [7, 11) is -2.13. The number of benzene rings is 2. The molecule has 30 heavy (non-hydrogen) atoms. The van der Waals surface area contributed by atoms with Crippen molar-refractivity contribution in [2.45, 2.75) is 18.2 Å². The Labute approximate surface area is 174 Å². The van der Waals surface area contributed by atoms with Crippen LogP contribution in [0, 0.1) is 0 Å². The van der Waals surface area contributed by atoms with Crippen LogP contribution >= 0.6 is 0 Å². The van der Waals surface area contributed by atoms with Gasteiger partial charge in [-0.2, -0.15) is 0 Å². The van der Waals surface area contributed by atoms with Crippen LogP contribution in [0.15, 0.2) is 47.4 Å². The van der Waals surface area contributed by atoms with E-state index >= 15 is 0 Å². The zero-order valence-corrected chi connectivity index (χ0v) is 17.5. The number of ether oxygens (including phenoxy) is 2. The Balaban J connectivity index is 2.53. The van der Waals surface area contributed by atoms with Crippen molar-refractivity contribution < 1.29 is 32.3 Å². The SMILES string of the molecule is CCCNC(=O)c1ccccc1NS(=O)(=O)c1cc(C(=O)OC)ccc1C(=O)OC. The number of methoxy groups -OCH3 is 2. The highest BCUT2D eigenvalue weighted by atomic mass is 32.2. The smallest absolute Gasteiger partial charge is 0.339 e. The first kappa shape index (κ1) is 22.9. The number of anilines is 1. The molecule has 0 radical (unpaired) electrons. The summed E-state index contributed by atoms with van der Waals surface area (Å²) in [6, 6.07) is 9.46. The Bertz CT molecular complexity index is 1060. The minimum Gasteiger partial charge on any atom is -0.465 e. The quantitative estimate of drug-likeness (QED) is 0.610. The summed E-state index contributed by atoms with van der Waals surface area (Å²) >= 11 is 0. The van der Waals surface area contributed by atoms with Crippen molar-refractivity contribution in [1.29, 1.82) is 0 Å². The monoisotopic (exact) mass is 434 g/mol. The van der Waals surface area contributed by atoms with Crippen LogP contribution in [0.4, 0.5) is 5.69 Å². The largest absolute Gasteiger partial charge is 0.465 e. The Morgan fingerprint density at radius 3 is 2.23 bits per heavy atom. The Hall–Kier alpha value is -3.40. The minimum atomic E-state index is -4.38. The molecule has 0 bridgehead atoms. The number of rotatable bonds is 8. The topological polar surface area (TPSA) is 128 Å². The first-order valence-corrected chi connectivity index (χ1v) is 10.4. The van der Waals surface area contributed by atoms with Gasteiger partial charge in [0.25, 0.3) is 15.9 Å². The van der Waals surface area contributed by atoms with E-state index in [4.69, 9.17) is 0 Å². The molecular weight excluding hydrogens is 412 g/mol. The predicted octanol–water partition coefficient (Wildman–Crippen LogP) is 2.20. The van der Waals surface area contributed by atoms with Crippen LogP contribution in [0.25, 0.3) is 0 Å². The fourth-order valence-electron chi connectivity index (χ4n) is 2.57. The van der Waals surface area contributed by atoms with Gasteiger partial charge in [0.2, 0.25) is 0 Å². The van der Waals surface area contributed by atoms with E-state index in [2.05, 4.69) is 19.5 Å². The van der Waals surface area contributed by atoms with Gasteiger partial charge in [0.1, 0.15) is 4.90 Å². The second-order valence-corrected chi connectivity index (χ2v) is 7.75. The van der Waals surface area contributed by atoms with Gasteiger partial charge in [-0.05, 0) is 36.8 Å². The molecule has 0 fully saturated rings. The van der Waals surface area contributed by atoms with E-state index in [0.717, 1.165) is 26.4 Å². The van der Waals surface area contributed by atoms with E-state index in [1.165, 1.54) is 18.2 Å². The van der Waals surface area contributed by atoms with Gasteiger partial charge in [-0.3, -0.25) is 9.52 Å². The third kappa shape index (κ3) is 5.15. The fourth-order valence-corrected chi connectivity index (χ4v) is 3.87. The molecule has 0 saturated heterocycles. The van der Waals surface area contributed by atoms with Crippen LogP contribution in [0.2, 0.25) is 0 Å². The van der Waals surface area contributed by atoms with E-state index in [-0.39, 0.29) is 22.4 Å². The summed E-state index contributed by atoms with van der Waals surface area (Å²) in [5.74, 6) is -2.13. The van der Waals surface area contributed by atoms with E-state index in [9.17, 15) is 22.8 Å². The predicted molar refractivity (Wildman–Crippen MR) is 109 cm³/mol. The van der Waals surface area contributed by atoms with E-state index < -0.39 is 32.8 Å². The molecule has 2 aromatic rings. The van der Waals surface area contributed by atoms with Gasteiger partial charge in [0, 0.05) is 6.54 Å². The lowest BCUT2D eigenvalue weighted by Gasteiger charge is -2.15. The molecule has 9 nitrogen and oxygen atoms in total. The normalized spacial score (nSPS) is 10.8. The maximum atomic E-state index is 13.1. The second kappa shape index (κ2) is 9.88. The highest BCUT2D eigenvalue weighted by molar-refractivity contribution is 7.92. The van der Waals surface area contributed by atoms with Gasteiger partial charge in [-0.1, -0.05) is 19.1 Å². The lowest BCUT2D eigenvalue weighted by Crippen LogP contribution is -2.26. The van der Waals surface area contributed by atoms with Crippen LogP contribution in [0.5, 0.6) is 0 Å². The van der Waals surface area contributed by atoms with E-state index in [0.29, 0.717) is 13.0 Å². The van der Waals surface area contributed by atoms with Crippen molar-refractivity contribution in [2.75, 3.05) is 25.5 Å². The summed E-state index contributed by atoms with van der Waals surface area (Å²) in [5.41, 5.74) is -0.214. The van der Waals surface area contributed by atoms with Crippen LogP contribution in [0.1, 0.15) is 44.4 Å². The Kier molecular flexibility index (Phi) is 7.54. The van der Waals surface area contributed by atoms with Gasteiger partial charge in [-0.15, -0.1) is 0 Å².